The van der Waals surface area contributed by atoms with Crippen LogP contribution in [0.2, 0.25) is 0 Å². The number of carbonyl (C=O) groups is 1. The molecule has 0 amide bonds. The van der Waals surface area contributed by atoms with Crippen molar-refractivity contribution in [1.29, 1.82) is 0 Å². The standard InChI is InChI=1S/C33H43BrN2O2/c1-3-5-7-9-10-11-12-13-15-26-24-35-32(36-25-26)28-19-21-30(22-20-28)38-33(37)29-18-17-27(31(34)23-29)16-14-8-6-4-2/h17-25H,3-16H2,1-2H3. The molecule has 4 nitrogen and oxygen atoms in total. The van der Waals surface area contributed by atoms with Crippen LogP contribution in [0.15, 0.2) is 59.3 Å². The molecular formula is C33H43BrN2O2. The molecule has 0 atom stereocenters. The maximum Gasteiger partial charge on any atom is 0.343 e. The topological polar surface area (TPSA) is 52.1 Å². The number of aryl methyl sites for hydroxylation is 2. The molecule has 0 bridgehead atoms. The molecule has 0 fully saturated rings. The summed E-state index contributed by atoms with van der Waals surface area (Å²) >= 11 is 3.62. The summed E-state index contributed by atoms with van der Waals surface area (Å²) in [6.45, 7) is 4.48. The summed E-state index contributed by atoms with van der Waals surface area (Å²) in [6.07, 6.45) is 21.3. The van der Waals surface area contributed by atoms with Crippen LogP contribution in [0.5, 0.6) is 5.75 Å². The Labute approximate surface area is 237 Å². The fourth-order valence-corrected chi connectivity index (χ4v) is 5.13. The predicted molar refractivity (Wildman–Crippen MR) is 161 cm³/mol. The molecule has 0 saturated carbocycles. The first-order valence-electron chi connectivity index (χ1n) is 14.5. The summed E-state index contributed by atoms with van der Waals surface area (Å²) in [5, 5.41) is 0. The maximum absolute atomic E-state index is 12.7. The van der Waals surface area contributed by atoms with Crippen LogP contribution in [-0.4, -0.2) is 15.9 Å². The molecule has 2 aromatic carbocycles. The van der Waals surface area contributed by atoms with E-state index in [1.54, 1.807) is 12.1 Å². The fourth-order valence-electron chi connectivity index (χ4n) is 4.55. The van der Waals surface area contributed by atoms with E-state index in [4.69, 9.17) is 4.74 Å². The second kappa shape index (κ2) is 17.1. The van der Waals surface area contributed by atoms with Crippen LogP contribution in [0.3, 0.4) is 0 Å². The van der Waals surface area contributed by atoms with Crippen LogP contribution in [-0.2, 0) is 12.8 Å². The number of esters is 1. The summed E-state index contributed by atoms with van der Waals surface area (Å²) in [4.78, 5) is 21.8. The van der Waals surface area contributed by atoms with E-state index in [9.17, 15) is 4.79 Å². The number of hydrogen-bond acceptors (Lipinski definition) is 4. The van der Waals surface area contributed by atoms with Crippen molar-refractivity contribution in [3.63, 3.8) is 0 Å². The Balaban J connectivity index is 1.45. The number of benzene rings is 2. The van der Waals surface area contributed by atoms with Gasteiger partial charge in [0.25, 0.3) is 0 Å². The van der Waals surface area contributed by atoms with Crippen LogP contribution in [0.1, 0.15) is 112 Å². The Morgan fingerprint density at radius 1 is 0.737 bits per heavy atom. The summed E-state index contributed by atoms with van der Waals surface area (Å²) < 4.78 is 6.57. The van der Waals surface area contributed by atoms with Gasteiger partial charge in [0.1, 0.15) is 5.75 Å². The number of nitrogens with zero attached hydrogens (tertiary/aromatic N) is 2. The number of rotatable bonds is 17. The Bertz CT molecular complexity index is 1100. The van der Waals surface area contributed by atoms with Crippen molar-refractivity contribution in [2.45, 2.75) is 104 Å². The first-order chi connectivity index (χ1) is 18.6. The van der Waals surface area contributed by atoms with Crippen molar-refractivity contribution in [3.8, 4) is 17.1 Å². The van der Waals surface area contributed by atoms with Crippen molar-refractivity contribution in [1.82, 2.24) is 9.97 Å². The lowest BCUT2D eigenvalue weighted by Crippen LogP contribution is -2.08. The lowest BCUT2D eigenvalue weighted by atomic mass is 10.0. The quantitative estimate of drug-likeness (QED) is 0.0907. The summed E-state index contributed by atoms with van der Waals surface area (Å²) in [5.41, 5.74) is 3.85. The zero-order chi connectivity index (χ0) is 27.0. The van der Waals surface area contributed by atoms with Gasteiger partial charge in [-0.15, -0.1) is 0 Å². The highest BCUT2D eigenvalue weighted by Gasteiger charge is 2.12. The molecule has 1 heterocycles. The molecule has 0 aliphatic rings. The monoisotopic (exact) mass is 578 g/mol. The maximum atomic E-state index is 12.7. The van der Waals surface area contributed by atoms with Gasteiger partial charge in [-0.3, -0.25) is 0 Å². The fraction of sp³-hybridized carbons (Fsp3) is 0.485. The van der Waals surface area contributed by atoms with E-state index in [0.717, 1.165) is 29.3 Å². The van der Waals surface area contributed by atoms with Gasteiger partial charge in [-0.2, -0.15) is 0 Å². The van der Waals surface area contributed by atoms with Crippen LogP contribution in [0, 0.1) is 0 Å². The summed E-state index contributed by atoms with van der Waals surface area (Å²) in [6, 6.07) is 13.1. The average molecular weight is 580 g/mol. The van der Waals surface area contributed by atoms with Gasteiger partial charge in [0.15, 0.2) is 5.82 Å². The molecule has 5 heteroatoms. The highest BCUT2D eigenvalue weighted by atomic mass is 79.9. The van der Waals surface area contributed by atoms with Gasteiger partial charge in [-0.05, 0) is 73.2 Å². The van der Waals surface area contributed by atoms with Crippen LogP contribution in [0.25, 0.3) is 11.4 Å². The minimum Gasteiger partial charge on any atom is -0.423 e. The zero-order valence-corrected chi connectivity index (χ0v) is 24.8. The molecule has 3 aromatic rings. The van der Waals surface area contributed by atoms with Crippen LogP contribution >= 0.6 is 15.9 Å². The van der Waals surface area contributed by atoms with Gasteiger partial charge in [-0.1, -0.05) is 100 Å². The SMILES string of the molecule is CCCCCCCCCCc1cnc(-c2ccc(OC(=O)c3ccc(CCCCCC)c(Br)c3)cc2)nc1. The van der Waals surface area contributed by atoms with E-state index in [-0.39, 0.29) is 5.97 Å². The number of unbranched alkanes of at least 4 members (excludes halogenated alkanes) is 10. The molecule has 0 radical (unpaired) electrons. The molecule has 204 valence electrons. The Kier molecular flexibility index (Phi) is 13.5. The highest BCUT2D eigenvalue weighted by Crippen LogP contribution is 2.24. The third-order valence-electron chi connectivity index (χ3n) is 6.94. The van der Waals surface area contributed by atoms with Gasteiger partial charge in [0.2, 0.25) is 0 Å². The third-order valence-corrected chi connectivity index (χ3v) is 7.67. The van der Waals surface area contributed by atoms with Gasteiger partial charge >= 0.3 is 5.97 Å². The number of halogens is 1. The second-order valence-corrected chi connectivity index (χ2v) is 11.0. The largest absolute Gasteiger partial charge is 0.423 e. The smallest absolute Gasteiger partial charge is 0.343 e. The Morgan fingerprint density at radius 2 is 1.32 bits per heavy atom. The predicted octanol–water partition coefficient (Wildman–Crippen LogP) is 9.93. The first kappa shape index (κ1) is 30.0. The third kappa shape index (κ3) is 10.3. The highest BCUT2D eigenvalue weighted by molar-refractivity contribution is 9.10. The molecule has 0 unspecified atom stereocenters. The minimum atomic E-state index is -0.363. The lowest BCUT2D eigenvalue weighted by Gasteiger charge is -2.09. The van der Waals surface area contributed by atoms with E-state index >= 15 is 0 Å². The molecule has 0 saturated heterocycles. The molecule has 0 spiro atoms. The van der Waals surface area contributed by atoms with Gasteiger partial charge in [0.05, 0.1) is 5.56 Å². The summed E-state index contributed by atoms with van der Waals surface area (Å²) in [7, 11) is 0. The second-order valence-electron chi connectivity index (χ2n) is 10.2. The normalized spacial score (nSPS) is 11.0. The minimum absolute atomic E-state index is 0.363. The van der Waals surface area contributed by atoms with Gasteiger partial charge in [-0.25, -0.2) is 14.8 Å². The molecule has 1 aromatic heterocycles. The van der Waals surface area contributed by atoms with Crippen molar-refractivity contribution >= 4 is 21.9 Å². The van der Waals surface area contributed by atoms with Crippen LogP contribution in [0.4, 0.5) is 0 Å². The van der Waals surface area contributed by atoms with E-state index in [1.165, 1.54) is 81.8 Å². The van der Waals surface area contributed by atoms with Crippen molar-refractivity contribution in [2.75, 3.05) is 0 Å². The average Bonchev–Trinajstić information content (AvgIpc) is 2.94. The zero-order valence-electron chi connectivity index (χ0n) is 23.2. The van der Waals surface area contributed by atoms with E-state index in [2.05, 4.69) is 39.7 Å². The molecule has 0 aliphatic carbocycles. The molecule has 38 heavy (non-hydrogen) atoms. The van der Waals surface area contributed by atoms with E-state index in [0.29, 0.717) is 17.1 Å². The lowest BCUT2D eigenvalue weighted by molar-refractivity contribution is 0.0734. The molecular weight excluding hydrogens is 536 g/mol. The number of aromatic nitrogens is 2. The van der Waals surface area contributed by atoms with Crippen LogP contribution < -0.4 is 4.74 Å². The van der Waals surface area contributed by atoms with E-state index < -0.39 is 0 Å². The Morgan fingerprint density at radius 3 is 1.95 bits per heavy atom. The van der Waals surface area contributed by atoms with Gasteiger partial charge in [0, 0.05) is 22.4 Å². The van der Waals surface area contributed by atoms with Crippen molar-refractivity contribution in [3.05, 3.63) is 76.0 Å². The van der Waals surface area contributed by atoms with Gasteiger partial charge < -0.3 is 4.74 Å². The number of carbonyl (C=O) groups excluding carboxylic acids is 1. The number of hydrogen-bond donors (Lipinski definition) is 0. The van der Waals surface area contributed by atoms with Crippen molar-refractivity contribution in [2.24, 2.45) is 0 Å². The Hall–Kier alpha value is -2.53. The van der Waals surface area contributed by atoms with E-state index in [1.807, 2.05) is 42.7 Å². The number of ether oxygens (including phenoxy) is 1. The molecule has 3 rings (SSSR count). The first-order valence-corrected chi connectivity index (χ1v) is 15.3. The molecule has 0 aliphatic heterocycles. The molecule has 0 N–H and O–H groups in total. The summed E-state index contributed by atoms with van der Waals surface area (Å²) in [5.74, 6) is 0.823. The van der Waals surface area contributed by atoms with Crippen molar-refractivity contribution < 1.29 is 9.53 Å².